The van der Waals surface area contributed by atoms with E-state index in [1.165, 1.54) is 19.2 Å². The fraction of sp³-hybridized carbons (Fsp3) is 0.409. The van der Waals surface area contributed by atoms with Gasteiger partial charge in [0.1, 0.15) is 18.5 Å². The van der Waals surface area contributed by atoms with E-state index < -0.39 is 23.8 Å². The van der Waals surface area contributed by atoms with E-state index in [1.54, 1.807) is 18.2 Å². The van der Waals surface area contributed by atoms with Crippen LogP contribution in [0.3, 0.4) is 0 Å². The smallest absolute Gasteiger partial charge is 0.416 e. The number of aliphatic hydroxyl groups is 1. The number of carbonyl (C=O) groups is 1. The highest BCUT2D eigenvalue weighted by Crippen LogP contribution is 2.30. The van der Waals surface area contributed by atoms with Gasteiger partial charge in [0.05, 0.1) is 19.3 Å². The summed E-state index contributed by atoms with van der Waals surface area (Å²) < 4.78 is 53.8. The summed E-state index contributed by atoms with van der Waals surface area (Å²) in [4.78, 5) is 12.3. The van der Waals surface area contributed by atoms with Crippen molar-refractivity contribution in [1.29, 1.82) is 0 Å². The maximum absolute atomic E-state index is 12.6. The van der Waals surface area contributed by atoms with Crippen LogP contribution in [0, 0.1) is 0 Å². The number of ether oxygens (including phenoxy) is 3. The first-order valence-corrected chi connectivity index (χ1v) is 9.81. The lowest BCUT2D eigenvalue weighted by atomic mass is 10.2. The van der Waals surface area contributed by atoms with Crippen LogP contribution >= 0.6 is 0 Å². The van der Waals surface area contributed by atoms with Crippen molar-refractivity contribution in [3.63, 3.8) is 0 Å². The van der Waals surface area contributed by atoms with Crippen molar-refractivity contribution < 1.29 is 37.3 Å². The number of benzene rings is 2. The SMILES string of the molecule is CCCCOc1ccc(C(=O)NCC(O)COc2ccc(C(F)(F)F)cc2)cc1OC. The van der Waals surface area contributed by atoms with Gasteiger partial charge in [-0.2, -0.15) is 13.2 Å². The second-order valence-electron chi connectivity index (χ2n) is 6.76. The van der Waals surface area contributed by atoms with E-state index in [4.69, 9.17) is 14.2 Å². The second-order valence-corrected chi connectivity index (χ2v) is 6.76. The monoisotopic (exact) mass is 441 g/mol. The van der Waals surface area contributed by atoms with Crippen LogP contribution in [-0.2, 0) is 6.18 Å². The summed E-state index contributed by atoms with van der Waals surface area (Å²) in [5, 5.41) is 12.6. The Morgan fingerprint density at radius 3 is 2.42 bits per heavy atom. The van der Waals surface area contributed by atoms with Gasteiger partial charge in [0.15, 0.2) is 11.5 Å². The van der Waals surface area contributed by atoms with Gasteiger partial charge in [-0.1, -0.05) is 13.3 Å². The molecule has 9 heteroatoms. The van der Waals surface area contributed by atoms with Gasteiger partial charge >= 0.3 is 6.18 Å². The molecular weight excluding hydrogens is 415 g/mol. The minimum absolute atomic E-state index is 0.101. The van der Waals surface area contributed by atoms with Gasteiger partial charge in [0.25, 0.3) is 5.91 Å². The highest BCUT2D eigenvalue weighted by molar-refractivity contribution is 5.94. The van der Waals surface area contributed by atoms with Gasteiger partial charge in [-0.3, -0.25) is 4.79 Å². The third kappa shape index (κ3) is 7.67. The van der Waals surface area contributed by atoms with Crippen molar-refractivity contribution >= 4 is 5.91 Å². The van der Waals surface area contributed by atoms with Crippen LogP contribution in [0.4, 0.5) is 13.2 Å². The summed E-state index contributed by atoms with van der Waals surface area (Å²) in [6.07, 6.45) is -3.58. The van der Waals surface area contributed by atoms with Crippen molar-refractivity contribution in [2.24, 2.45) is 0 Å². The van der Waals surface area contributed by atoms with Crippen LogP contribution in [0.2, 0.25) is 0 Å². The number of nitrogens with one attached hydrogen (secondary N) is 1. The number of unbranched alkanes of at least 4 members (excludes halogenated alkanes) is 1. The van der Waals surface area contributed by atoms with Gasteiger partial charge < -0.3 is 24.6 Å². The molecule has 2 N–H and O–H groups in total. The topological polar surface area (TPSA) is 77.0 Å². The van der Waals surface area contributed by atoms with Crippen LogP contribution in [-0.4, -0.2) is 44.0 Å². The van der Waals surface area contributed by atoms with Gasteiger partial charge in [0.2, 0.25) is 0 Å². The molecule has 0 aromatic heterocycles. The molecule has 6 nitrogen and oxygen atoms in total. The molecule has 0 aliphatic heterocycles. The summed E-state index contributed by atoms with van der Waals surface area (Å²) in [7, 11) is 1.48. The Balaban J connectivity index is 1.83. The highest BCUT2D eigenvalue weighted by atomic mass is 19.4. The maximum atomic E-state index is 12.6. The lowest BCUT2D eigenvalue weighted by Crippen LogP contribution is -2.35. The molecular formula is C22H26F3NO5. The van der Waals surface area contributed by atoms with Crippen LogP contribution < -0.4 is 19.5 Å². The molecule has 0 aliphatic carbocycles. The zero-order valence-electron chi connectivity index (χ0n) is 17.4. The number of alkyl halides is 3. The maximum Gasteiger partial charge on any atom is 0.416 e. The number of rotatable bonds is 11. The minimum Gasteiger partial charge on any atom is -0.493 e. The molecule has 0 bridgehead atoms. The van der Waals surface area contributed by atoms with E-state index in [2.05, 4.69) is 12.2 Å². The third-order valence-electron chi connectivity index (χ3n) is 4.30. The molecule has 170 valence electrons. The molecule has 2 rings (SSSR count). The predicted octanol–water partition coefficient (Wildman–Crippen LogP) is 4.06. The highest BCUT2D eigenvalue weighted by Gasteiger charge is 2.30. The Bertz CT molecular complexity index is 840. The number of carbonyl (C=O) groups excluding carboxylic acids is 1. The van der Waals surface area contributed by atoms with Crippen LogP contribution in [0.15, 0.2) is 42.5 Å². The Kier molecular flexibility index (Phi) is 8.99. The molecule has 0 spiro atoms. The molecule has 1 atom stereocenters. The Labute approximate surface area is 178 Å². The summed E-state index contributed by atoms with van der Waals surface area (Å²) >= 11 is 0. The summed E-state index contributed by atoms with van der Waals surface area (Å²) in [5.74, 6) is 0.723. The lowest BCUT2D eigenvalue weighted by Gasteiger charge is -2.15. The van der Waals surface area contributed by atoms with Crippen molar-refractivity contribution in [1.82, 2.24) is 5.32 Å². The number of halogens is 3. The molecule has 1 amide bonds. The van der Waals surface area contributed by atoms with Gasteiger partial charge in [-0.05, 0) is 48.9 Å². The molecule has 2 aromatic rings. The number of amides is 1. The molecule has 0 heterocycles. The molecule has 2 aromatic carbocycles. The molecule has 1 unspecified atom stereocenters. The zero-order chi connectivity index (χ0) is 22.9. The fourth-order valence-corrected chi connectivity index (χ4v) is 2.56. The van der Waals surface area contributed by atoms with E-state index >= 15 is 0 Å². The lowest BCUT2D eigenvalue weighted by molar-refractivity contribution is -0.137. The van der Waals surface area contributed by atoms with Crippen LogP contribution in [0.25, 0.3) is 0 Å². The van der Waals surface area contributed by atoms with E-state index in [-0.39, 0.29) is 18.9 Å². The molecule has 0 aliphatic rings. The van der Waals surface area contributed by atoms with E-state index in [0.29, 0.717) is 23.7 Å². The average molecular weight is 441 g/mol. The fourth-order valence-electron chi connectivity index (χ4n) is 2.56. The largest absolute Gasteiger partial charge is 0.493 e. The first kappa shape index (κ1) is 24.3. The molecule has 0 saturated heterocycles. The van der Waals surface area contributed by atoms with Gasteiger partial charge in [-0.15, -0.1) is 0 Å². The second kappa shape index (κ2) is 11.5. The van der Waals surface area contributed by atoms with Gasteiger partial charge in [-0.25, -0.2) is 0 Å². The summed E-state index contributed by atoms with van der Waals surface area (Å²) in [6.45, 7) is 2.30. The molecule has 0 fully saturated rings. The van der Waals surface area contributed by atoms with Crippen LogP contribution in [0.5, 0.6) is 17.2 Å². The van der Waals surface area contributed by atoms with E-state index in [0.717, 1.165) is 25.0 Å². The number of hydrogen-bond donors (Lipinski definition) is 2. The quantitative estimate of drug-likeness (QED) is 0.515. The number of aliphatic hydroxyl groups excluding tert-OH is 1. The van der Waals surface area contributed by atoms with Crippen molar-refractivity contribution in [2.45, 2.75) is 32.0 Å². The van der Waals surface area contributed by atoms with Crippen LogP contribution in [0.1, 0.15) is 35.7 Å². The molecule has 0 saturated carbocycles. The average Bonchev–Trinajstić information content (AvgIpc) is 2.76. The zero-order valence-corrected chi connectivity index (χ0v) is 17.4. The Morgan fingerprint density at radius 1 is 1.10 bits per heavy atom. The first-order valence-electron chi connectivity index (χ1n) is 9.81. The molecule has 31 heavy (non-hydrogen) atoms. The third-order valence-corrected chi connectivity index (χ3v) is 4.30. The Morgan fingerprint density at radius 2 is 1.81 bits per heavy atom. The van der Waals surface area contributed by atoms with E-state index in [9.17, 15) is 23.1 Å². The number of hydrogen-bond acceptors (Lipinski definition) is 5. The summed E-state index contributed by atoms with van der Waals surface area (Å²) in [5.41, 5.74) is -0.458. The normalized spacial score (nSPS) is 12.2. The minimum atomic E-state index is -4.43. The van der Waals surface area contributed by atoms with Crippen molar-refractivity contribution in [3.05, 3.63) is 53.6 Å². The Hall–Kier alpha value is -2.94. The van der Waals surface area contributed by atoms with Gasteiger partial charge in [0, 0.05) is 12.1 Å². The standard InChI is InChI=1S/C22H26F3NO5/c1-3-4-11-30-19-10-5-15(12-20(19)29-2)21(28)26-13-17(27)14-31-18-8-6-16(7-9-18)22(23,24)25/h5-10,12,17,27H,3-4,11,13-14H2,1-2H3,(H,26,28). The number of methoxy groups -OCH3 is 1. The first-order chi connectivity index (χ1) is 14.7. The van der Waals surface area contributed by atoms with E-state index in [1.807, 2.05) is 0 Å². The molecule has 0 radical (unpaired) electrons. The summed E-state index contributed by atoms with van der Waals surface area (Å²) in [6, 6.07) is 8.91. The predicted molar refractivity (Wildman–Crippen MR) is 109 cm³/mol. The van der Waals surface area contributed by atoms with Crippen molar-refractivity contribution in [3.8, 4) is 17.2 Å². The van der Waals surface area contributed by atoms with Crippen molar-refractivity contribution in [2.75, 3.05) is 26.9 Å².